The zero-order valence-corrected chi connectivity index (χ0v) is 23.2. The largest absolute Gasteiger partial charge is 0.476 e. The van der Waals surface area contributed by atoms with Gasteiger partial charge in [0, 0.05) is 32.3 Å². The van der Waals surface area contributed by atoms with E-state index in [1.54, 1.807) is 18.7 Å². The number of unbranched alkanes of at least 4 members (excludes halogenated alkanes) is 1. The smallest absolute Gasteiger partial charge is 0.410 e. The van der Waals surface area contributed by atoms with Crippen molar-refractivity contribution in [3.8, 4) is 5.75 Å². The van der Waals surface area contributed by atoms with Gasteiger partial charge in [-0.05, 0) is 78.0 Å². The summed E-state index contributed by atoms with van der Waals surface area (Å²) in [5.74, 6) is 0.343. The lowest BCUT2D eigenvalue weighted by Gasteiger charge is -2.39. The first-order valence-corrected chi connectivity index (χ1v) is 13.5. The van der Waals surface area contributed by atoms with E-state index in [2.05, 4.69) is 0 Å². The number of benzene rings is 1. The summed E-state index contributed by atoms with van der Waals surface area (Å²) in [6.07, 6.45) is 1.91. The molecule has 2 aliphatic heterocycles. The molecule has 0 unspecified atom stereocenters. The molecule has 1 saturated carbocycles. The van der Waals surface area contributed by atoms with Gasteiger partial charge in [0.25, 0.3) is 11.8 Å². The Morgan fingerprint density at radius 2 is 1.95 bits per heavy atom. The van der Waals surface area contributed by atoms with Gasteiger partial charge in [-0.2, -0.15) is 0 Å². The number of rotatable bonds is 8. The highest BCUT2D eigenvalue weighted by Gasteiger charge is 2.42. The number of ether oxygens (including phenoxy) is 3. The molecule has 1 aromatic rings. The minimum Gasteiger partial charge on any atom is -0.476 e. The molecule has 0 spiro atoms. The standard InChI is InChI=1S/C28H41N3O7/c1-27(2,3)38-26(35)29-13-15-36-23(18-29)24(33)31(20-9-10-20)17-19-8-11-22-21(16-19)30(12-6-7-14-32)25(34)28(4,5)37-22/h8,11,16,20,23,32H,6-7,9-10,12-15,17-18H2,1-5H3/t23-/m1/s1. The third-order valence-electron chi connectivity index (χ3n) is 6.85. The van der Waals surface area contributed by atoms with E-state index < -0.39 is 23.4 Å². The molecule has 1 aromatic carbocycles. The van der Waals surface area contributed by atoms with E-state index in [1.807, 2.05) is 43.9 Å². The predicted octanol–water partition coefficient (Wildman–Crippen LogP) is 3.09. The van der Waals surface area contributed by atoms with Crippen molar-refractivity contribution in [2.45, 2.75) is 90.2 Å². The molecule has 38 heavy (non-hydrogen) atoms. The van der Waals surface area contributed by atoms with E-state index in [0.717, 1.165) is 18.4 Å². The zero-order chi connectivity index (χ0) is 27.7. The molecule has 3 amide bonds. The lowest BCUT2D eigenvalue weighted by atomic mass is 10.0. The molecular weight excluding hydrogens is 490 g/mol. The molecule has 1 saturated heterocycles. The van der Waals surface area contributed by atoms with E-state index in [9.17, 15) is 19.5 Å². The van der Waals surface area contributed by atoms with Gasteiger partial charge >= 0.3 is 6.09 Å². The van der Waals surface area contributed by atoms with Gasteiger partial charge in [0.1, 0.15) is 11.4 Å². The normalized spacial score (nSPS) is 21.0. The third-order valence-corrected chi connectivity index (χ3v) is 6.85. The number of anilines is 1. The SMILES string of the molecule is CC(C)(C)OC(=O)N1CCO[C@@H](C(=O)N(Cc2ccc3c(c2)N(CCCCO)C(=O)C(C)(C)O3)C2CC2)C1. The highest BCUT2D eigenvalue weighted by Crippen LogP contribution is 2.39. The molecule has 1 atom stereocenters. The fourth-order valence-electron chi connectivity index (χ4n) is 4.76. The Hall–Kier alpha value is -2.85. The fraction of sp³-hybridized carbons (Fsp3) is 0.679. The molecule has 2 heterocycles. The van der Waals surface area contributed by atoms with Crippen molar-refractivity contribution in [1.82, 2.24) is 9.80 Å². The molecule has 0 bridgehead atoms. The van der Waals surface area contributed by atoms with Crippen LogP contribution in [0.1, 0.15) is 65.9 Å². The zero-order valence-electron chi connectivity index (χ0n) is 23.2. The van der Waals surface area contributed by atoms with Crippen LogP contribution in [0.25, 0.3) is 0 Å². The van der Waals surface area contributed by atoms with Gasteiger partial charge in [-0.15, -0.1) is 0 Å². The van der Waals surface area contributed by atoms with Crippen molar-refractivity contribution in [1.29, 1.82) is 0 Å². The number of amides is 3. The van der Waals surface area contributed by atoms with E-state index in [0.29, 0.717) is 43.9 Å². The number of carbonyl (C=O) groups excluding carboxylic acids is 3. The van der Waals surface area contributed by atoms with Gasteiger partial charge in [-0.25, -0.2) is 4.79 Å². The van der Waals surface area contributed by atoms with Crippen molar-refractivity contribution in [3.63, 3.8) is 0 Å². The average molecular weight is 532 g/mol. The van der Waals surface area contributed by atoms with Gasteiger partial charge in [0.2, 0.25) is 0 Å². The maximum absolute atomic E-state index is 13.6. The van der Waals surface area contributed by atoms with Crippen molar-refractivity contribution in [2.75, 3.05) is 37.7 Å². The minimum atomic E-state index is -0.984. The van der Waals surface area contributed by atoms with Crippen LogP contribution in [0.15, 0.2) is 18.2 Å². The Labute approximate surface area is 224 Å². The second kappa shape index (κ2) is 11.1. The van der Waals surface area contributed by atoms with Crippen LogP contribution in [0, 0.1) is 0 Å². The summed E-state index contributed by atoms with van der Waals surface area (Å²) in [4.78, 5) is 44.5. The number of carbonyl (C=O) groups is 3. The van der Waals surface area contributed by atoms with Gasteiger partial charge in [0.15, 0.2) is 11.7 Å². The first kappa shape index (κ1) is 28.2. The van der Waals surface area contributed by atoms with Crippen molar-refractivity contribution < 1.29 is 33.7 Å². The Bertz CT molecular complexity index is 1050. The molecule has 1 aliphatic carbocycles. The molecule has 10 heteroatoms. The third kappa shape index (κ3) is 6.58. The maximum Gasteiger partial charge on any atom is 0.410 e. The Kier molecular flexibility index (Phi) is 8.23. The molecule has 0 aromatic heterocycles. The quantitative estimate of drug-likeness (QED) is 0.514. The lowest BCUT2D eigenvalue weighted by molar-refractivity contribution is -0.150. The first-order valence-electron chi connectivity index (χ1n) is 13.5. The second-order valence-electron chi connectivity index (χ2n) is 11.8. The van der Waals surface area contributed by atoms with Crippen LogP contribution < -0.4 is 9.64 Å². The number of hydrogen-bond donors (Lipinski definition) is 1. The van der Waals surface area contributed by atoms with Crippen LogP contribution in [-0.2, 0) is 25.6 Å². The lowest BCUT2D eigenvalue weighted by Crippen LogP contribution is -2.53. The Morgan fingerprint density at radius 1 is 1.21 bits per heavy atom. The highest BCUT2D eigenvalue weighted by atomic mass is 16.6. The molecule has 4 rings (SSSR count). The summed E-state index contributed by atoms with van der Waals surface area (Å²) in [5, 5.41) is 9.21. The Morgan fingerprint density at radius 3 is 2.61 bits per heavy atom. The van der Waals surface area contributed by atoms with Crippen LogP contribution in [0.2, 0.25) is 0 Å². The number of morpholine rings is 1. The van der Waals surface area contributed by atoms with Gasteiger partial charge in [-0.3, -0.25) is 9.59 Å². The van der Waals surface area contributed by atoms with E-state index in [-0.39, 0.29) is 37.6 Å². The molecular formula is C28H41N3O7. The molecule has 210 valence electrons. The van der Waals surface area contributed by atoms with Gasteiger partial charge in [-0.1, -0.05) is 6.07 Å². The van der Waals surface area contributed by atoms with Crippen LogP contribution in [0.5, 0.6) is 5.75 Å². The maximum atomic E-state index is 13.6. The van der Waals surface area contributed by atoms with Crippen LogP contribution in [0.4, 0.5) is 10.5 Å². The Balaban J connectivity index is 1.50. The summed E-state index contributed by atoms with van der Waals surface area (Å²) < 4.78 is 17.3. The van der Waals surface area contributed by atoms with Gasteiger partial charge in [0.05, 0.1) is 18.8 Å². The number of fused-ring (bicyclic) bond motifs is 1. The first-order chi connectivity index (χ1) is 17.9. The fourth-order valence-corrected chi connectivity index (χ4v) is 4.76. The molecule has 10 nitrogen and oxygen atoms in total. The van der Waals surface area contributed by atoms with Crippen LogP contribution >= 0.6 is 0 Å². The average Bonchev–Trinajstić information content (AvgIpc) is 3.69. The van der Waals surface area contributed by atoms with Crippen LogP contribution in [0.3, 0.4) is 0 Å². The van der Waals surface area contributed by atoms with Crippen molar-refractivity contribution in [3.05, 3.63) is 23.8 Å². The minimum absolute atomic E-state index is 0.0713. The van der Waals surface area contributed by atoms with Gasteiger partial charge < -0.3 is 34.0 Å². The number of aliphatic hydroxyl groups is 1. The highest BCUT2D eigenvalue weighted by molar-refractivity contribution is 6.02. The number of hydrogen-bond acceptors (Lipinski definition) is 7. The summed E-state index contributed by atoms with van der Waals surface area (Å²) in [6, 6.07) is 5.82. The summed E-state index contributed by atoms with van der Waals surface area (Å²) >= 11 is 0. The summed E-state index contributed by atoms with van der Waals surface area (Å²) in [6.45, 7) is 10.7. The predicted molar refractivity (Wildman–Crippen MR) is 141 cm³/mol. The summed E-state index contributed by atoms with van der Waals surface area (Å²) in [5.41, 5.74) is -0.0412. The summed E-state index contributed by atoms with van der Waals surface area (Å²) in [7, 11) is 0. The topological polar surface area (TPSA) is 109 Å². The monoisotopic (exact) mass is 531 g/mol. The van der Waals surface area contributed by atoms with Crippen molar-refractivity contribution in [2.24, 2.45) is 0 Å². The second-order valence-corrected chi connectivity index (χ2v) is 11.8. The van der Waals surface area contributed by atoms with Crippen molar-refractivity contribution >= 4 is 23.6 Å². The number of aliphatic hydroxyl groups excluding tert-OH is 1. The molecule has 2 fully saturated rings. The molecule has 3 aliphatic rings. The molecule has 1 N–H and O–H groups in total. The van der Waals surface area contributed by atoms with E-state index in [1.165, 1.54) is 4.90 Å². The number of nitrogens with zero attached hydrogens (tertiary/aromatic N) is 3. The van der Waals surface area contributed by atoms with E-state index in [4.69, 9.17) is 14.2 Å². The van der Waals surface area contributed by atoms with E-state index >= 15 is 0 Å². The van der Waals surface area contributed by atoms with Crippen LogP contribution in [-0.4, -0.2) is 89.0 Å². The molecule has 0 radical (unpaired) electrons.